The van der Waals surface area contributed by atoms with Crippen LogP contribution in [0, 0.1) is 3.57 Å². The third kappa shape index (κ3) is 4.09. The number of nitrogens with zero attached hydrogens (tertiary/aromatic N) is 1. The van der Waals surface area contributed by atoms with E-state index in [2.05, 4.69) is 22.6 Å². The summed E-state index contributed by atoms with van der Waals surface area (Å²) in [5.74, 6) is -0.0708. The minimum Gasteiger partial charge on any atom is -0.389 e. The molecular weight excluding hydrogens is 317 g/mol. The second-order valence-electron chi connectivity index (χ2n) is 4.48. The van der Waals surface area contributed by atoms with Crippen LogP contribution < -0.4 is 0 Å². The minimum atomic E-state index is -0.867. The van der Waals surface area contributed by atoms with Crippen molar-refractivity contribution in [3.05, 3.63) is 33.4 Å². The fraction of sp³-hybridized carbons (Fsp3) is 0.417. The maximum atomic E-state index is 11.9. The number of hydrogen-bond donors (Lipinski definition) is 1. The van der Waals surface area contributed by atoms with Gasteiger partial charge in [-0.25, -0.2) is 0 Å². The molecule has 1 N–H and O–H groups in total. The van der Waals surface area contributed by atoms with Crippen molar-refractivity contribution in [1.82, 2.24) is 4.90 Å². The predicted molar refractivity (Wildman–Crippen MR) is 72.4 cm³/mol. The number of hydrogen-bond acceptors (Lipinski definition) is 2. The summed E-state index contributed by atoms with van der Waals surface area (Å²) in [6, 6.07) is 7.38. The highest BCUT2D eigenvalue weighted by atomic mass is 127. The number of likely N-dealkylation sites (N-methyl/N-ethyl adjacent to an activating group) is 1. The Hall–Kier alpha value is -0.620. The molecule has 16 heavy (non-hydrogen) atoms. The van der Waals surface area contributed by atoms with Crippen LogP contribution in [0.2, 0.25) is 0 Å². The van der Waals surface area contributed by atoms with E-state index in [0.717, 1.165) is 3.57 Å². The van der Waals surface area contributed by atoms with E-state index in [1.165, 1.54) is 4.90 Å². The monoisotopic (exact) mass is 333 g/mol. The summed E-state index contributed by atoms with van der Waals surface area (Å²) in [6.07, 6.45) is 0. The number of carbonyl (C=O) groups is 1. The second-order valence-corrected chi connectivity index (χ2v) is 5.73. The quantitative estimate of drug-likeness (QED) is 0.861. The van der Waals surface area contributed by atoms with Gasteiger partial charge in [0.2, 0.25) is 0 Å². The zero-order valence-electron chi connectivity index (χ0n) is 9.70. The molecule has 0 bridgehead atoms. The molecule has 3 nitrogen and oxygen atoms in total. The Labute approximate surface area is 110 Å². The van der Waals surface area contributed by atoms with E-state index in [1.807, 2.05) is 12.1 Å². The van der Waals surface area contributed by atoms with Gasteiger partial charge in [0, 0.05) is 22.7 Å². The molecule has 0 unspecified atom stereocenters. The smallest absolute Gasteiger partial charge is 0.253 e. The first-order valence-electron chi connectivity index (χ1n) is 5.03. The fourth-order valence-corrected chi connectivity index (χ4v) is 1.82. The summed E-state index contributed by atoms with van der Waals surface area (Å²) in [5.41, 5.74) is -0.222. The van der Waals surface area contributed by atoms with Crippen LogP contribution in [0.5, 0.6) is 0 Å². The lowest BCUT2D eigenvalue weighted by Crippen LogP contribution is -2.39. The molecule has 0 aliphatic carbocycles. The van der Waals surface area contributed by atoms with Crippen LogP contribution in [0.3, 0.4) is 0 Å². The Morgan fingerprint density at radius 1 is 1.38 bits per heavy atom. The normalized spacial score (nSPS) is 11.3. The molecule has 0 aliphatic heterocycles. The van der Waals surface area contributed by atoms with Crippen LogP contribution in [0.25, 0.3) is 0 Å². The van der Waals surface area contributed by atoms with Gasteiger partial charge < -0.3 is 10.0 Å². The highest BCUT2D eigenvalue weighted by Gasteiger charge is 2.20. The SMILES string of the molecule is CN(CC(C)(C)O)C(=O)c1ccc(I)cc1. The summed E-state index contributed by atoms with van der Waals surface area (Å²) in [6.45, 7) is 3.69. The molecule has 0 fully saturated rings. The van der Waals surface area contributed by atoms with Gasteiger partial charge in [0.1, 0.15) is 0 Å². The van der Waals surface area contributed by atoms with Crippen LogP contribution in [-0.2, 0) is 0 Å². The average molecular weight is 333 g/mol. The molecule has 0 radical (unpaired) electrons. The standard InChI is InChI=1S/C12H16INO2/c1-12(2,16)8-14(3)11(15)9-4-6-10(13)7-5-9/h4-7,16H,8H2,1-3H3. The largest absolute Gasteiger partial charge is 0.389 e. The first kappa shape index (κ1) is 13.4. The van der Waals surface area contributed by atoms with Gasteiger partial charge in [-0.05, 0) is 60.7 Å². The Morgan fingerprint density at radius 2 is 1.88 bits per heavy atom. The van der Waals surface area contributed by atoms with Gasteiger partial charge in [0.15, 0.2) is 0 Å². The van der Waals surface area contributed by atoms with Crippen molar-refractivity contribution in [1.29, 1.82) is 0 Å². The van der Waals surface area contributed by atoms with Crippen LogP contribution in [0.4, 0.5) is 0 Å². The van der Waals surface area contributed by atoms with Crippen LogP contribution in [-0.4, -0.2) is 35.1 Å². The van der Waals surface area contributed by atoms with Crippen molar-refractivity contribution in [3.63, 3.8) is 0 Å². The van der Waals surface area contributed by atoms with Gasteiger partial charge in [-0.2, -0.15) is 0 Å². The maximum Gasteiger partial charge on any atom is 0.253 e. The van der Waals surface area contributed by atoms with E-state index in [1.54, 1.807) is 33.0 Å². The van der Waals surface area contributed by atoms with Crippen molar-refractivity contribution < 1.29 is 9.90 Å². The summed E-state index contributed by atoms with van der Waals surface area (Å²) < 4.78 is 1.10. The lowest BCUT2D eigenvalue weighted by Gasteiger charge is -2.25. The number of rotatable bonds is 3. The molecule has 88 valence electrons. The van der Waals surface area contributed by atoms with E-state index in [9.17, 15) is 9.90 Å². The second kappa shape index (κ2) is 5.14. The molecule has 0 aliphatic rings. The molecule has 4 heteroatoms. The maximum absolute atomic E-state index is 11.9. The molecule has 1 amide bonds. The van der Waals surface area contributed by atoms with E-state index in [4.69, 9.17) is 0 Å². The molecule has 0 spiro atoms. The number of halogens is 1. The first-order valence-corrected chi connectivity index (χ1v) is 6.11. The number of carbonyl (C=O) groups excluding carboxylic acids is 1. The molecular formula is C12H16INO2. The van der Waals surface area contributed by atoms with Crippen molar-refractivity contribution >= 4 is 28.5 Å². The van der Waals surface area contributed by atoms with Gasteiger partial charge in [-0.3, -0.25) is 4.79 Å². The molecule has 0 saturated heterocycles. The summed E-state index contributed by atoms with van der Waals surface area (Å²) >= 11 is 2.19. The molecule has 1 aromatic rings. The molecule has 1 aromatic carbocycles. The van der Waals surface area contributed by atoms with Crippen LogP contribution >= 0.6 is 22.6 Å². The Balaban J connectivity index is 2.74. The van der Waals surface area contributed by atoms with Crippen molar-refractivity contribution in [3.8, 4) is 0 Å². The van der Waals surface area contributed by atoms with Crippen molar-refractivity contribution in [2.24, 2.45) is 0 Å². The molecule has 0 heterocycles. The highest BCUT2D eigenvalue weighted by Crippen LogP contribution is 2.11. The number of benzene rings is 1. The summed E-state index contributed by atoms with van der Waals surface area (Å²) in [7, 11) is 1.69. The lowest BCUT2D eigenvalue weighted by atomic mass is 10.1. The molecule has 0 saturated carbocycles. The van der Waals surface area contributed by atoms with Crippen LogP contribution in [0.1, 0.15) is 24.2 Å². The zero-order chi connectivity index (χ0) is 12.3. The topological polar surface area (TPSA) is 40.5 Å². The first-order chi connectivity index (χ1) is 7.29. The minimum absolute atomic E-state index is 0.0708. The third-order valence-electron chi connectivity index (χ3n) is 2.06. The molecule has 0 aromatic heterocycles. The van der Waals surface area contributed by atoms with E-state index >= 15 is 0 Å². The van der Waals surface area contributed by atoms with Crippen molar-refractivity contribution in [2.75, 3.05) is 13.6 Å². The molecule has 0 atom stereocenters. The Bertz CT molecular complexity index is 368. The number of amides is 1. The fourth-order valence-electron chi connectivity index (χ4n) is 1.47. The van der Waals surface area contributed by atoms with E-state index in [-0.39, 0.29) is 5.91 Å². The lowest BCUT2D eigenvalue weighted by molar-refractivity contribution is 0.0368. The van der Waals surface area contributed by atoms with Gasteiger partial charge in [0.05, 0.1) is 5.60 Å². The summed E-state index contributed by atoms with van der Waals surface area (Å²) in [5, 5.41) is 9.63. The predicted octanol–water partition coefficient (Wildman–Crippen LogP) is 2.13. The van der Waals surface area contributed by atoms with Gasteiger partial charge in [-0.1, -0.05) is 0 Å². The van der Waals surface area contributed by atoms with Gasteiger partial charge in [0.25, 0.3) is 5.91 Å². The number of aliphatic hydroxyl groups is 1. The van der Waals surface area contributed by atoms with E-state index in [0.29, 0.717) is 12.1 Å². The van der Waals surface area contributed by atoms with Crippen molar-refractivity contribution in [2.45, 2.75) is 19.4 Å². The highest BCUT2D eigenvalue weighted by molar-refractivity contribution is 14.1. The summed E-state index contributed by atoms with van der Waals surface area (Å²) in [4.78, 5) is 13.5. The van der Waals surface area contributed by atoms with E-state index < -0.39 is 5.60 Å². The Morgan fingerprint density at radius 3 is 2.31 bits per heavy atom. The van der Waals surface area contributed by atoms with Crippen LogP contribution in [0.15, 0.2) is 24.3 Å². The zero-order valence-corrected chi connectivity index (χ0v) is 11.9. The van der Waals surface area contributed by atoms with Gasteiger partial charge in [-0.15, -0.1) is 0 Å². The van der Waals surface area contributed by atoms with Gasteiger partial charge >= 0.3 is 0 Å². The average Bonchev–Trinajstić information content (AvgIpc) is 2.15. The third-order valence-corrected chi connectivity index (χ3v) is 2.78. The molecule has 1 rings (SSSR count). The Kier molecular flexibility index (Phi) is 4.32.